The quantitative estimate of drug-likeness (QED) is 0.813. The lowest BCUT2D eigenvalue weighted by molar-refractivity contribution is -0.0672. The number of hydrogen-bond donors (Lipinski definition) is 2. The molecular formula is C17H29N5O2. The van der Waals surface area contributed by atoms with Crippen LogP contribution in [0.3, 0.4) is 0 Å². The number of nitrogens with one attached hydrogen (secondary N) is 2. The van der Waals surface area contributed by atoms with Gasteiger partial charge in [0.25, 0.3) is 0 Å². The number of pyridine rings is 1. The van der Waals surface area contributed by atoms with Gasteiger partial charge in [0.05, 0.1) is 12.2 Å². The summed E-state index contributed by atoms with van der Waals surface area (Å²) in [7, 11) is 3.88. The largest absolute Gasteiger partial charge is 0.373 e. The van der Waals surface area contributed by atoms with Gasteiger partial charge < -0.3 is 20.3 Å². The SMILES string of the molecule is C[C@@H]1CN(CCNC(=O)NCc2cccnc2N(C)C)C[C@H](C)O1. The second-order valence-corrected chi connectivity index (χ2v) is 6.51. The molecule has 0 aliphatic carbocycles. The smallest absolute Gasteiger partial charge is 0.315 e. The maximum absolute atomic E-state index is 12.0. The fraction of sp³-hybridized carbons (Fsp3) is 0.647. The van der Waals surface area contributed by atoms with Crippen LogP contribution in [0.4, 0.5) is 10.6 Å². The third kappa shape index (κ3) is 5.65. The molecule has 0 unspecified atom stereocenters. The van der Waals surface area contributed by atoms with Crippen LogP contribution in [0.1, 0.15) is 19.4 Å². The van der Waals surface area contributed by atoms with Crippen molar-refractivity contribution in [1.29, 1.82) is 0 Å². The summed E-state index contributed by atoms with van der Waals surface area (Å²) in [4.78, 5) is 20.6. The lowest BCUT2D eigenvalue weighted by Crippen LogP contribution is -2.48. The Morgan fingerprint density at radius 1 is 1.33 bits per heavy atom. The Bertz CT molecular complexity index is 527. The Morgan fingerprint density at radius 2 is 2.04 bits per heavy atom. The van der Waals surface area contributed by atoms with E-state index in [0.29, 0.717) is 13.1 Å². The van der Waals surface area contributed by atoms with E-state index in [-0.39, 0.29) is 18.2 Å². The zero-order valence-electron chi connectivity index (χ0n) is 15.1. The Labute approximate surface area is 144 Å². The maximum atomic E-state index is 12.0. The Morgan fingerprint density at radius 3 is 2.71 bits per heavy atom. The number of aromatic nitrogens is 1. The first-order chi connectivity index (χ1) is 11.5. The Balaban J connectivity index is 1.70. The highest BCUT2D eigenvalue weighted by molar-refractivity contribution is 5.74. The minimum atomic E-state index is -0.155. The van der Waals surface area contributed by atoms with E-state index < -0.39 is 0 Å². The van der Waals surface area contributed by atoms with Gasteiger partial charge in [-0.1, -0.05) is 6.07 Å². The molecule has 134 valence electrons. The van der Waals surface area contributed by atoms with E-state index in [1.165, 1.54) is 0 Å². The van der Waals surface area contributed by atoms with Gasteiger partial charge in [-0.15, -0.1) is 0 Å². The van der Waals surface area contributed by atoms with E-state index in [9.17, 15) is 4.79 Å². The molecule has 0 bridgehead atoms. The van der Waals surface area contributed by atoms with Crippen molar-refractivity contribution in [3.8, 4) is 0 Å². The van der Waals surface area contributed by atoms with Crippen molar-refractivity contribution in [2.24, 2.45) is 0 Å². The number of hydrogen-bond acceptors (Lipinski definition) is 5. The van der Waals surface area contributed by atoms with Crippen LogP contribution in [-0.4, -0.2) is 68.4 Å². The molecule has 7 heteroatoms. The van der Waals surface area contributed by atoms with E-state index in [1.807, 2.05) is 31.1 Å². The first-order valence-electron chi connectivity index (χ1n) is 8.46. The molecule has 1 aliphatic heterocycles. The number of anilines is 1. The molecule has 1 fully saturated rings. The number of carbonyl (C=O) groups excluding carboxylic acids is 1. The molecule has 0 aromatic carbocycles. The average Bonchev–Trinajstić information content (AvgIpc) is 2.52. The number of nitrogens with zero attached hydrogens (tertiary/aromatic N) is 3. The van der Waals surface area contributed by atoms with E-state index in [1.54, 1.807) is 6.20 Å². The standard InChI is InChI=1S/C17H29N5O2/c1-13-11-22(12-14(2)24-13)9-8-19-17(23)20-10-15-6-5-7-18-16(15)21(3)4/h5-7,13-14H,8-12H2,1-4H3,(H2,19,20,23)/t13-,14+. The van der Waals surface area contributed by atoms with Gasteiger partial charge in [-0.3, -0.25) is 4.90 Å². The summed E-state index contributed by atoms with van der Waals surface area (Å²) in [6, 6.07) is 3.69. The molecule has 2 rings (SSSR count). The fourth-order valence-electron chi connectivity index (χ4n) is 3.00. The first-order valence-corrected chi connectivity index (χ1v) is 8.46. The maximum Gasteiger partial charge on any atom is 0.315 e. The van der Waals surface area contributed by atoms with Crippen LogP contribution in [0.2, 0.25) is 0 Å². The van der Waals surface area contributed by atoms with Crippen molar-refractivity contribution in [2.45, 2.75) is 32.6 Å². The Hall–Kier alpha value is -1.86. The highest BCUT2D eigenvalue weighted by Crippen LogP contribution is 2.13. The van der Waals surface area contributed by atoms with E-state index >= 15 is 0 Å². The molecule has 2 amide bonds. The summed E-state index contributed by atoms with van der Waals surface area (Å²) in [6.07, 6.45) is 2.25. The van der Waals surface area contributed by atoms with E-state index in [4.69, 9.17) is 4.74 Å². The van der Waals surface area contributed by atoms with E-state index in [2.05, 4.69) is 34.4 Å². The molecule has 0 radical (unpaired) electrons. The minimum absolute atomic E-state index is 0.155. The molecular weight excluding hydrogens is 306 g/mol. The second-order valence-electron chi connectivity index (χ2n) is 6.51. The highest BCUT2D eigenvalue weighted by atomic mass is 16.5. The molecule has 2 N–H and O–H groups in total. The predicted octanol–water partition coefficient (Wildman–Crippen LogP) is 1.06. The summed E-state index contributed by atoms with van der Waals surface area (Å²) >= 11 is 0. The van der Waals surface area contributed by atoms with Gasteiger partial charge in [0.1, 0.15) is 5.82 Å². The zero-order chi connectivity index (χ0) is 17.5. The van der Waals surface area contributed by atoms with Crippen LogP contribution < -0.4 is 15.5 Å². The van der Waals surface area contributed by atoms with Crippen LogP contribution in [0.15, 0.2) is 18.3 Å². The normalized spacial score (nSPS) is 21.3. The molecule has 2 heterocycles. The van der Waals surface area contributed by atoms with Crippen molar-refractivity contribution in [2.75, 3.05) is 45.2 Å². The van der Waals surface area contributed by atoms with Gasteiger partial charge in [-0.2, -0.15) is 0 Å². The van der Waals surface area contributed by atoms with Crippen LogP contribution >= 0.6 is 0 Å². The van der Waals surface area contributed by atoms with Crippen LogP contribution in [0.25, 0.3) is 0 Å². The van der Waals surface area contributed by atoms with Gasteiger partial charge in [0, 0.05) is 58.6 Å². The second kappa shape index (κ2) is 8.84. The number of amides is 2. The van der Waals surface area contributed by atoms with Crippen molar-refractivity contribution >= 4 is 11.8 Å². The van der Waals surface area contributed by atoms with Gasteiger partial charge >= 0.3 is 6.03 Å². The first kappa shape index (κ1) is 18.5. The zero-order valence-corrected chi connectivity index (χ0v) is 15.1. The highest BCUT2D eigenvalue weighted by Gasteiger charge is 2.21. The molecule has 0 saturated carbocycles. The molecule has 2 atom stereocenters. The lowest BCUT2D eigenvalue weighted by atomic mass is 10.2. The molecule has 24 heavy (non-hydrogen) atoms. The molecule has 1 saturated heterocycles. The monoisotopic (exact) mass is 335 g/mol. The number of rotatable bonds is 6. The third-order valence-electron chi connectivity index (χ3n) is 3.94. The lowest BCUT2D eigenvalue weighted by Gasteiger charge is -2.35. The van der Waals surface area contributed by atoms with E-state index in [0.717, 1.165) is 31.0 Å². The molecule has 1 aliphatic rings. The van der Waals surface area contributed by atoms with Gasteiger partial charge in [-0.05, 0) is 19.9 Å². The molecule has 7 nitrogen and oxygen atoms in total. The fourth-order valence-corrected chi connectivity index (χ4v) is 3.00. The van der Waals surface area contributed by atoms with Crippen LogP contribution in [-0.2, 0) is 11.3 Å². The Kier molecular flexibility index (Phi) is 6.81. The number of ether oxygens (including phenoxy) is 1. The van der Waals surface area contributed by atoms with Crippen molar-refractivity contribution in [1.82, 2.24) is 20.5 Å². The van der Waals surface area contributed by atoms with Gasteiger partial charge in [0.15, 0.2) is 0 Å². The molecule has 0 spiro atoms. The van der Waals surface area contributed by atoms with Crippen LogP contribution in [0, 0.1) is 0 Å². The summed E-state index contributed by atoms with van der Waals surface area (Å²) in [6.45, 7) is 7.90. The number of morpholine rings is 1. The number of urea groups is 1. The summed E-state index contributed by atoms with van der Waals surface area (Å²) in [5, 5.41) is 5.80. The topological polar surface area (TPSA) is 69.7 Å². The third-order valence-corrected chi connectivity index (χ3v) is 3.94. The summed E-state index contributed by atoms with van der Waals surface area (Å²) in [5.41, 5.74) is 0.994. The predicted molar refractivity (Wildman–Crippen MR) is 95.3 cm³/mol. The molecule has 1 aromatic heterocycles. The van der Waals surface area contributed by atoms with Gasteiger partial charge in [0.2, 0.25) is 0 Å². The minimum Gasteiger partial charge on any atom is -0.373 e. The summed E-state index contributed by atoms with van der Waals surface area (Å²) < 4.78 is 5.71. The summed E-state index contributed by atoms with van der Waals surface area (Å²) in [5.74, 6) is 0.870. The van der Waals surface area contributed by atoms with Gasteiger partial charge in [-0.25, -0.2) is 9.78 Å². The van der Waals surface area contributed by atoms with Crippen molar-refractivity contribution in [3.63, 3.8) is 0 Å². The van der Waals surface area contributed by atoms with Crippen LogP contribution in [0.5, 0.6) is 0 Å². The van der Waals surface area contributed by atoms with Crippen molar-refractivity contribution in [3.05, 3.63) is 23.9 Å². The van der Waals surface area contributed by atoms with Crippen molar-refractivity contribution < 1.29 is 9.53 Å². The molecule has 1 aromatic rings. The average molecular weight is 335 g/mol. The number of carbonyl (C=O) groups is 1.